The maximum Gasteiger partial charge on any atom is 0.355 e. The van der Waals surface area contributed by atoms with Gasteiger partial charge in [-0.2, -0.15) is 0 Å². The maximum absolute atomic E-state index is 13.0. The van der Waals surface area contributed by atoms with Gasteiger partial charge in [0.25, 0.3) is 5.88 Å². The van der Waals surface area contributed by atoms with Crippen LogP contribution in [0.3, 0.4) is 0 Å². The standard InChI is InChI=1S/C21H28N5O4/c1-21(2,3)15-10-14(11-16(12-15)29-5)17(27)13-25-19-7-6-18(30-9-8-28-4)23-26(19)20(22)24-25/h6-7,10-12H,8-9,13H2,1-5H3,(H2,22,24)/q+1. The third kappa shape index (κ3) is 4.68. The molecule has 0 bridgehead atoms. The highest BCUT2D eigenvalue weighted by molar-refractivity contribution is 5.95. The number of nitrogens with two attached hydrogens (primary N) is 1. The zero-order valence-electron chi connectivity index (χ0n) is 18.0. The lowest BCUT2D eigenvalue weighted by molar-refractivity contribution is -0.714. The largest absolute Gasteiger partial charge is 0.497 e. The Balaban J connectivity index is 1.88. The Bertz CT molecular complexity index is 1060. The van der Waals surface area contributed by atoms with Gasteiger partial charge in [0.1, 0.15) is 12.4 Å². The van der Waals surface area contributed by atoms with E-state index in [1.807, 2.05) is 12.1 Å². The van der Waals surface area contributed by atoms with Gasteiger partial charge in [0.15, 0.2) is 6.54 Å². The van der Waals surface area contributed by atoms with E-state index in [1.165, 1.54) is 9.20 Å². The van der Waals surface area contributed by atoms with Crippen molar-refractivity contribution in [3.63, 3.8) is 0 Å². The molecule has 0 aliphatic rings. The molecule has 30 heavy (non-hydrogen) atoms. The number of rotatable bonds is 8. The number of aromatic nitrogens is 4. The third-order valence-corrected chi connectivity index (χ3v) is 4.66. The molecule has 160 valence electrons. The molecule has 0 radical (unpaired) electrons. The fourth-order valence-electron chi connectivity index (χ4n) is 2.94. The van der Waals surface area contributed by atoms with Crippen molar-refractivity contribution in [3.8, 4) is 11.6 Å². The first-order chi connectivity index (χ1) is 14.2. The molecule has 0 atom stereocenters. The second kappa shape index (κ2) is 8.66. The number of benzene rings is 1. The average Bonchev–Trinajstić information content (AvgIpc) is 3.02. The Morgan fingerprint density at radius 2 is 1.93 bits per heavy atom. The van der Waals surface area contributed by atoms with Gasteiger partial charge in [-0.15, -0.1) is 4.68 Å². The smallest absolute Gasteiger partial charge is 0.355 e. The third-order valence-electron chi connectivity index (χ3n) is 4.66. The van der Waals surface area contributed by atoms with E-state index in [1.54, 1.807) is 32.4 Å². The molecule has 9 nitrogen and oxygen atoms in total. The van der Waals surface area contributed by atoms with Crippen LogP contribution in [0.1, 0.15) is 36.7 Å². The minimum Gasteiger partial charge on any atom is -0.497 e. The molecule has 0 saturated carbocycles. The number of hydrogen-bond acceptors (Lipinski definition) is 7. The number of Topliss-reactive ketones (excluding diaryl/α,β-unsaturated/α-hetero) is 1. The quantitative estimate of drug-likeness (QED) is 0.340. The SMILES string of the molecule is COCCOc1ccc2n(n1)c(N)n[n+]2CC(=O)c1cc(OC)cc(C(C)(C)C)c1. The summed E-state index contributed by atoms with van der Waals surface area (Å²) in [5.41, 5.74) is 8.03. The van der Waals surface area contributed by atoms with Crippen molar-refractivity contribution in [2.45, 2.75) is 32.7 Å². The number of ketones is 1. The van der Waals surface area contributed by atoms with Gasteiger partial charge in [0.2, 0.25) is 5.78 Å². The highest BCUT2D eigenvalue weighted by Crippen LogP contribution is 2.28. The normalized spacial score (nSPS) is 11.6. The van der Waals surface area contributed by atoms with Gasteiger partial charge in [0.05, 0.1) is 13.7 Å². The first-order valence-corrected chi connectivity index (χ1v) is 9.63. The van der Waals surface area contributed by atoms with Gasteiger partial charge in [-0.25, -0.2) is 0 Å². The number of nitrogens with zero attached hydrogens (tertiary/aromatic N) is 4. The monoisotopic (exact) mass is 414 g/mol. The van der Waals surface area contributed by atoms with E-state index in [0.29, 0.717) is 36.1 Å². The summed E-state index contributed by atoms with van der Waals surface area (Å²) in [6.45, 7) is 7.10. The summed E-state index contributed by atoms with van der Waals surface area (Å²) in [7, 11) is 3.19. The molecule has 0 aliphatic carbocycles. The molecule has 3 rings (SSSR count). The van der Waals surface area contributed by atoms with Crippen LogP contribution in [-0.4, -0.2) is 47.9 Å². The predicted octanol–water partition coefficient (Wildman–Crippen LogP) is 1.81. The minimum absolute atomic E-state index is 0.0169. The number of fused-ring (bicyclic) bond motifs is 1. The van der Waals surface area contributed by atoms with Crippen LogP contribution in [0.4, 0.5) is 5.95 Å². The second-order valence-corrected chi connectivity index (χ2v) is 7.92. The molecule has 2 heterocycles. The highest BCUT2D eigenvalue weighted by Gasteiger charge is 2.24. The highest BCUT2D eigenvalue weighted by atomic mass is 16.5. The van der Waals surface area contributed by atoms with E-state index in [0.717, 1.165) is 5.56 Å². The summed E-state index contributed by atoms with van der Waals surface area (Å²) in [5, 5.41) is 8.59. The van der Waals surface area contributed by atoms with Crippen molar-refractivity contribution < 1.29 is 23.7 Å². The van der Waals surface area contributed by atoms with Gasteiger partial charge >= 0.3 is 11.6 Å². The molecule has 0 spiro atoms. The van der Waals surface area contributed by atoms with E-state index in [4.69, 9.17) is 19.9 Å². The fraction of sp³-hybridized carbons (Fsp3) is 0.429. The molecule has 0 unspecified atom stereocenters. The molecular weight excluding hydrogens is 386 g/mol. The Labute approximate surface area is 175 Å². The minimum atomic E-state index is -0.120. The topological polar surface area (TPSA) is 105 Å². The van der Waals surface area contributed by atoms with Crippen molar-refractivity contribution in [1.29, 1.82) is 0 Å². The Morgan fingerprint density at radius 1 is 1.17 bits per heavy atom. The lowest BCUT2D eigenvalue weighted by atomic mass is 9.85. The number of hydrogen-bond donors (Lipinski definition) is 1. The molecule has 0 saturated heterocycles. The number of ether oxygens (including phenoxy) is 3. The average molecular weight is 414 g/mol. The van der Waals surface area contributed by atoms with Crippen LogP contribution < -0.4 is 19.9 Å². The van der Waals surface area contributed by atoms with E-state index in [9.17, 15) is 4.79 Å². The molecule has 3 aromatic rings. The van der Waals surface area contributed by atoms with Gasteiger partial charge < -0.3 is 19.9 Å². The van der Waals surface area contributed by atoms with Gasteiger partial charge in [-0.1, -0.05) is 25.3 Å². The van der Waals surface area contributed by atoms with Crippen LogP contribution in [0.2, 0.25) is 0 Å². The number of methoxy groups -OCH3 is 2. The summed E-state index contributed by atoms with van der Waals surface area (Å²) in [6.07, 6.45) is 0. The molecule has 0 fully saturated rings. The summed E-state index contributed by atoms with van der Waals surface area (Å²) in [6, 6.07) is 9.05. The Morgan fingerprint density at radius 3 is 2.60 bits per heavy atom. The van der Waals surface area contributed by atoms with Crippen molar-refractivity contribution in [3.05, 3.63) is 41.5 Å². The molecule has 2 aromatic heterocycles. The van der Waals surface area contributed by atoms with E-state index in [-0.39, 0.29) is 23.7 Å². The summed E-state index contributed by atoms with van der Waals surface area (Å²) < 4.78 is 18.8. The van der Waals surface area contributed by atoms with Crippen LogP contribution in [0.25, 0.3) is 5.65 Å². The molecule has 0 aliphatic heterocycles. The van der Waals surface area contributed by atoms with Crippen LogP contribution in [0, 0.1) is 0 Å². The summed E-state index contributed by atoms with van der Waals surface area (Å²) >= 11 is 0. The number of carbonyl (C=O) groups is 1. The van der Waals surface area contributed by atoms with E-state index >= 15 is 0 Å². The summed E-state index contributed by atoms with van der Waals surface area (Å²) in [5.74, 6) is 1.09. The lowest BCUT2D eigenvalue weighted by Crippen LogP contribution is -2.40. The molecule has 9 heteroatoms. The number of anilines is 1. The zero-order valence-corrected chi connectivity index (χ0v) is 18.0. The zero-order chi connectivity index (χ0) is 21.9. The lowest BCUT2D eigenvalue weighted by Gasteiger charge is -2.20. The maximum atomic E-state index is 13.0. The van der Waals surface area contributed by atoms with Crippen LogP contribution in [0.15, 0.2) is 30.3 Å². The van der Waals surface area contributed by atoms with E-state index < -0.39 is 0 Å². The molecule has 1 aromatic carbocycles. The Kier molecular flexibility index (Phi) is 6.21. The van der Waals surface area contributed by atoms with E-state index in [2.05, 4.69) is 31.0 Å². The van der Waals surface area contributed by atoms with Gasteiger partial charge in [-0.3, -0.25) is 4.79 Å². The fourth-order valence-corrected chi connectivity index (χ4v) is 2.94. The first-order valence-electron chi connectivity index (χ1n) is 9.63. The van der Waals surface area contributed by atoms with Crippen molar-refractivity contribution in [2.24, 2.45) is 0 Å². The number of carbonyl (C=O) groups excluding carboxylic acids is 1. The van der Waals surface area contributed by atoms with Gasteiger partial charge in [-0.05, 0) is 39.4 Å². The van der Waals surface area contributed by atoms with Crippen molar-refractivity contribution in [1.82, 2.24) is 14.7 Å². The molecular formula is C21H28N5O4+. The summed E-state index contributed by atoms with van der Waals surface area (Å²) in [4.78, 5) is 13.0. The van der Waals surface area contributed by atoms with Crippen molar-refractivity contribution >= 4 is 17.4 Å². The van der Waals surface area contributed by atoms with Crippen LogP contribution in [-0.2, 0) is 16.7 Å². The first kappa shape index (κ1) is 21.5. The number of nitrogen functional groups attached to an aromatic ring is 1. The molecule has 0 amide bonds. The Hall–Kier alpha value is -3.20. The van der Waals surface area contributed by atoms with Crippen LogP contribution in [0.5, 0.6) is 11.6 Å². The predicted molar refractivity (Wildman–Crippen MR) is 111 cm³/mol. The second-order valence-electron chi connectivity index (χ2n) is 7.92. The van der Waals surface area contributed by atoms with Gasteiger partial charge in [0, 0.05) is 24.8 Å². The van der Waals surface area contributed by atoms with Crippen LogP contribution >= 0.6 is 0 Å². The molecule has 2 N–H and O–H groups in total. The van der Waals surface area contributed by atoms with Crippen molar-refractivity contribution in [2.75, 3.05) is 33.2 Å².